The van der Waals surface area contributed by atoms with E-state index >= 15 is 0 Å². The Morgan fingerprint density at radius 1 is 1.08 bits per heavy atom. The van der Waals surface area contributed by atoms with Crippen LogP contribution in [0.3, 0.4) is 0 Å². The zero-order chi connectivity index (χ0) is 17.2. The van der Waals surface area contributed by atoms with Crippen molar-refractivity contribution in [2.24, 2.45) is 0 Å². The largest absolute Gasteiger partial charge is 0.326 e. The van der Waals surface area contributed by atoms with Gasteiger partial charge in [0.05, 0.1) is 5.69 Å². The van der Waals surface area contributed by atoms with Crippen molar-refractivity contribution in [3.05, 3.63) is 78.0 Å². The van der Waals surface area contributed by atoms with Crippen LogP contribution in [0.25, 0.3) is 0 Å². The monoisotopic (exact) mass is 334 g/mol. The van der Waals surface area contributed by atoms with Crippen molar-refractivity contribution >= 4 is 23.1 Å². The SMILES string of the molecule is O=C(Nc1ccccc1F)c1cc(N2CCc3ccccc32)ncn1. The van der Waals surface area contributed by atoms with E-state index in [2.05, 4.69) is 26.3 Å². The van der Waals surface area contributed by atoms with E-state index in [1.165, 1.54) is 24.0 Å². The molecule has 3 aromatic rings. The normalized spacial score (nSPS) is 12.8. The summed E-state index contributed by atoms with van der Waals surface area (Å²) in [6.45, 7) is 0.796. The van der Waals surface area contributed by atoms with E-state index in [1.807, 2.05) is 18.2 Å². The summed E-state index contributed by atoms with van der Waals surface area (Å²) >= 11 is 0. The van der Waals surface area contributed by atoms with Gasteiger partial charge in [0.2, 0.25) is 0 Å². The van der Waals surface area contributed by atoms with Crippen molar-refractivity contribution in [3.8, 4) is 0 Å². The predicted molar refractivity (Wildman–Crippen MR) is 93.5 cm³/mol. The fourth-order valence-corrected chi connectivity index (χ4v) is 2.94. The lowest BCUT2D eigenvalue weighted by Crippen LogP contribution is -2.18. The first-order valence-electron chi connectivity index (χ1n) is 7.96. The Kier molecular flexibility index (Phi) is 3.85. The number of anilines is 3. The van der Waals surface area contributed by atoms with Gasteiger partial charge < -0.3 is 10.2 Å². The van der Waals surface area contributed by atoms with Gasteiger partial charge in [-0.2, -0.15) is 0 Å². The van der Waals surface area contributed by atoms with Crippen LogP contribution in [0.5, 0.6) is 0 Å². The molecule has 4 rings (SSSR count). The molecule has 1 N–H and O–H groups in total. The summed E-state index contributed by atoms with van der Waals surface area (Å²) in [7, 11) is 0. The van der Waals surface area contributed by atoms with Crippen LogP contribution in [-0.2, 0) is 6.42 Å². The van der Waals surface area contributed by atoms with Crippen LogP contribution in [0.1, 0.15) is 16.1 Å². The summed E-state index contributed by atoms with van der Waals surface area (Å²) in [4.78, 5) is 22.8. The molecule has 5 nitrogen and oxygen atoms in total. The quantitative estimate of drug-likeness (QED) is 0.796. The lowest BCUT2D eigenvalue weighted by Gasteiger charge is -2.18. The summed E-state index contributed by atoms with van der Waals surface area (Å²) in [5, 5.41) is 2.54. The third kappa shape index (κ3) is 2.94. The number of amides is 1. The lowest BCUT2D eigenvalue weighted by atomic mass is 10.2. The molecule has 1 aliphatic heterocycles. The second-order valence-corrected chi connectivity index (χ2v) is 5.73. The molecule has 0 aliphatic carbocycles. The van der Waals surface area contributed by atoms with Crippen LogP contribution < -0.4 is 10.2 Å². The van der Waals surface area contributed by atoms with Crippen LogP contribution in [0.15, 0.2) is 60.9 Å². The highest BCUT2D eigenvalue weighted by molar-refractivity contribution is 6.03. The Morgan fingerprint density at radius 2 is 1.88 bits per heavy atom. The number of carbonyl (C=O) groups is 1. The summed E-state index contributed by atoms with van der Waals surface area (Å²) in [6, 6.07) is 15.8. The Hall–Kier alpha value is -3.28. The van der Waals surface area contributed by atoms with Gasteiger partial charge in [-0.25, -0.2) is 14.4 Å². The minimum absolute atomic E-state index is 0.124. The first-order chi connectivity index (χ1) is 12.2. The van der Waals surface area contributed by atoms with Gasteiger partial charge in [-0.15, -0.1) is 0 Å². The number of para-hydroxylation sites is 2. The molecule has 0 fully saturated rings. The highest BCUT2D eigenvalue weighted by Crippen LogP contribution is 2.33. The number of rotatable bonds is 3. The molecule has 0 unspecified atom stereocenters. The van der Waals surface area contributed by atoms with Crippen LogP contribution in [0.2, 0.25) is 0 Å². The van der Waals surface area contributed by atoms with Crippen molar-refractivity contribution in [3.63, 3.8) is 0 Å². The standard InChI is InChI=1S/C19H15FN4O/c20-14-6-2-3-7-15(14)23-19(25)16-11-18(22-12-21-16)24-10-9-13-5-1-4-8-17(13)24/h1-8,11-12H,9-10H2,(H,23,25). The van der Waals surface area contributed by atoms with Crippen molar-refractivity contribution in [2.45, 2.75) is 6.42 Å². The molecule has 0 spiro atoms. The molecular weight excluding hydrogens is 319 g/mol. The van der Waals surface area contributed by atoms with Crippen molar-refractivity contribution < 1.29 is 9.18 Å². The molecule has 1 aromatic heterocycles. The molecule has 25 heavy (non-hydrogen) atoms. The maximum atomic E-state index is 13.7. The molecule has 0 bridgehead atoms. The van der Waals surface area contributed by atoms with E-state index in [1.54, 1.807) is 18.2 Å². The Morgan fingerprint density at radius 3 is 2.76 bits per heavy atom. The zero-order valence-electron chi connectivity index (χ0n) is 13.3. The third-order valence-electron chi connectivity index (χ3n) is 4.17. The van der Waals surface area contributed by atoms with Gasteiger partial charge >= 0.3 is 0 Å². The zero-order valence-corrected chi connectivity index (χ0v) is 13.3. The molecular formula is C19H15FN4O. The van der Waals surface area contributed by atoms with Gasteiger partial charge in [-0.3, -0.25) is 4.79 Å². The number of hydrogen-bond donors (Lipinski definition) is 1. The van der Waals surface area contributed by atoms with E-state index in [0.29, 0.717) is 5.82 Å². The molecule has 0 radical (unpaired) electrons. The first-order valence-corrected chi connectivity index (χ1v) is 7.96. The maximum Gasteiger partial charge on any atom is 0.274 e. The van der Waals surface area contributed by atoms with Crippen LogP contribution >= 0.6 is 0 Å². The van der Waals surface area contributed by atoms with E-state index in [4.69, 9.17) is 0 Å². The highest BCUT2D eigenvalue weighted by atomic mass is 19.1. The van der Waals surface area contributed by atoms with Crippen molar-refractivity contribution in [2.75, 3.05) is 16.8 Å². The molecule has 2 heterocycles. The molecule has 0 atom stereocenters. The molecule has 1 aliphatic rings. The number of nitrogens with zero attached hydrogens (tertiary/aromatic N) is 3. The Labute approximate surface area is 144 Å². The number of carbonyl (C=O) groups excluding carboxylic acids is 1. The average molecular weight is 334 g/mol. The van der Waals surface area contributed by atoms with Crippen LogP contribution in [-0.4, -0.2) is 22.4 Å². The summed E-state index contributed by atoms with van der Waals surface area (Å²) in [6.07, 6.45) is 2.28. The average Bonchev–Trinajstić information content (AvgIpc) is 3.08. The number of nitrogens with one attached hydrogen (secondary N) is 1. The molecule has 6 heteroatoms. The minimum atomic E-state index is -0.487. The van der Waals surface area contributed by atoms with Crippen LogP contribution in [0, 0.1) is 5.82 Å². The van der Waals surface area contributed by atoms with Crippen LogP contribution in [0.4, 0.5) is 21.6 Å². The van der Waals surface area contributed by atoms with Crippen molar-refractivity contribution in [1.29, 1.82) is 0 Å². The fourth-order valence-electron chi connectivity index (χ4n) is 2.94. The number of hydrogen-bond acceptors (Lipinski definition) is 4. The predicted octanol–water partition coefficient (Wildman–Crippen LogP) is 3.56. The van der Waals surface area contributed by atoms with Gasteiger partial charge in [0, 0.05) is 18.3 Å². The summed E-state index contributed by atoms with van der Waals surface area (Å²) < 4.78 is 13.7. The van der Waals surface area contributed by atoms with Gasteiger partial charge in [-0.05, 0) is 30.2 Å². The molecule has 0 saturated heterocycles. The topological polar surface area (TPSA) is 58.1 Å². The molecule has 0 saturated carbocycles. The molecule has 1 amide bonds. The number of halogens is 1. The first kappa shape index (κ1) is 15.3. The summed E-state index contributed by atoms with van der Waals surface area (Å²) in [5.74, 6) is -0.307. The third-order valence-corrected chi connectivity index (χ3v) is 4.17. The fraction of sp³-hybridized carbons (Fsp3) is 0.105. The van der Waals surface area contributed by atoms with Gasteiger partial charge in [-0.1, -0.05) is 30.3 Å². The summed E-state index contributed by atoms with van der Waals surface area (Å²) in [5.41, 5.74) is 2.65. The van der Waals surface area contributed by atoms with Crippen molar-refractivity contribution in [1.82, 2.24) is 9.97 Å². The number of aromatic nitrogens is 2. The maximum absolute atomic E-state index is 13.7. The van der Waals surface area contributed by atoms with E-state index < -0.39 is 11.7 Å². The number of benzene rings is 2. The van der Waals surface area contributed by atoms with Gasteiger partial charge in [0.15, 0.2) is 0 Å². The number of fused-ring (bicyclic) bond motifs is 1. The smallest absolute Gasteiger partial charge is 0.274 e. The van der Waals surface area contributed by atoms with Gasteiger partial charge in [0.25, 0.3) is 5.91 Å². The van der Waals surface area contributed by atoms with E-state index in [-0.39, 0.29) is 11.4 Å². The Balaban J connectivity index is 1.60. The van der Waals surface area contributed by atoms with Gasteiger partial charge in [0.1, 0.15) is 23.7 Å². The second kappa shape index (κ2) is 6.32. The highest BCUT2D eigenvalue weighted by Gasteiger charge is 2.22. The Bertz CT molecular complexity index is 944. The second-order valence-electron chi connectivity index (χ2n) is 5.73. The van der Waals surface area contributed by atoms with E-state index in [0.717, 1.165) is 18.7 Å². The minimum Gasteiger partial charge on any atom is -0.326 e. The lowest BCUT2D eigenvalue weighted by molar-refractivity contribution is 0.102. The van der Waals surface area contributed by atoms with E-state index in [9.17, 15) is 9.18 Å². The molecule has 2 aromatic carbocycles. The molecule has 124 valence electrons.